The highest BCUT2D eigenvalue weighted by molar-refractivity contribution is 7.13. The predicted molar refractivity (Wildman–Crippen MR) is 286 cm³/mol. The van der Waals surface area contributed by atoms with Crippen molar-refractivity contribution >= 4 is 57.3 Å². The molecule has 0 radical (unpaired) electrons. The van der Waals surface area contributed by atoms with Gasteiger partial charge in [0, 0.05) is 56.3 Å². The molecule has 0 spiro atoms. The molecule has 1 aromatic carbocycles. The van der Waals surface area contributed by atoms with Crippen LogP contribution in [0.15, 0.2) is 65.7 Å². The highest BCUT2D eigenvalue weighted by Crippen LogP contribution is 2.39. The fraction of sp³-hybridized carbons (Fsp3) is 0.566. The van der Waals surface area contributed by atoms with Crippen molar-refractivity contribution in [3.8, 4) is 10.4 Å². The average Bonchev–Trinajstić information content (AvgIpc) is 4.25. The number of aromatic nitrogens is 6. The monoisotopic (exact) mass is 1050 g/mol. The van der Waals surface area contributed by atoms with E-state index < -0.39 is 22.9 Å². The van der Waals surface area contributed by atoms with Crippen LogP contribution in [0.1, 0.15) is 101 Å². The lowest BCUT2D eigenvalue weighted by molar-refractivity contribution is -0.143. The number of carbonyl (C=O) groups excluding carboxylic acids is 4. The van der Waals surface area contributed by atoms with E-state index >= 15 is 0 Å². The molecule has 400 valence electrons. The summed E-state index contributed by atoms with van der Waals surface area (Å²) in [6, 6.07) is 12.6. The van der Waals surface area contributed by atoms with E-state index in [0.717, 1.165) is 76.9 Å². The van der Waals surface area contributed by atoms with Crippen LogP contribution in [0.4, 0.5) is 10.9 Å². The maximum Gasteiger partial charge on any atom is 0.246 e. The van der Waals surface area contributed by atoms with Crippen LogP contribution in [0.3, 0.4) is 0 Å². The topological polar surface area (TPSA) is 229 Å². The molecule has 4 amide bonds. The Balaban J connectivity index is 0.701. The van der Waals surface area contributed by atoms with E-state index in [1.165, 1.54) is 11.3 Å². The van der Waals surface area contributed by atoms with Gasteiger partial charge in [0.15, 0.2) is 5.13 Å². The quantitative estimate of drug-likeness (QED) is 0.0328. The van der Waals surface area contributed by atoms with Gasteiger partial charge in [-0.1, -0.05) is 75.6 Å². The summed E-state index contributed by atoms with van der Waals surface area (Å²) in [7, 11) is 0. The highest BCUT2D eigenvalue weighted by atomic mass is 32.1. The highest BCUT2D eigenvalue weighted by Gasteiger charge is 2.42. The number of nitrogens with one attached hydrogen (secondary N) is 5. The van der Waals surface area contributed by atoms with Gasteiger partial charge in [-0.25, -0.2) is 15.0 Å². The fourth-order valence-electron chi connectivity index (χ4n) is 9.36. The number of likely N-dealkylation sites (tertiary alicyclic amines) is 1. The Morgan fingerprint density at radius 1 is 0.865 bits per heavy atom. The van der Waals surface area contributed by atoms with Crippen LogP contribution in [0.25, 0.3) is 10.4 Å². The van der Waals surface area contributed by atoms with Crippen molar-refractivity contribution in [2.45, 2.75) is 124 Å². The number of anilines is 2. The number of aryl methyl sites for hydroxylation is 1. The zero-order chi connectivity index (χ0) is 52.2. The van der Waals surface area contributed by atoms with Crippen LogP contribution in [0, 0.1) is 17.8 Å². The van der Waals surface area contributed by atoms with Crippen molar-refractivity contribution in [3.05, 3.63) is 88.4 Å². The molecule has 2 fully saturated rings. The molecule has 4 aromatic heterocycles. The van der Waals surface area contributed by atoms with Gasteiger partial charge in [0.1, 0.15) is 23.6 Å². The smallest absolute Gasteiger partial charge is 0.246 e. The molecule has 0 bridgehead atoms. The number of rotatable bonds is 29. The minimum atomic E-state index is -0.770. The maximum absolute atomic E-state index is 14.0. The molecule has 5 aromatic rings. The Bertz CT molecular complexity index is 2520. The first-order valence-electron chi connectivity index (χ1n) is 26.0. The molecule has 1 saturated carbocycles. The number of thiazole rings is 2. The number of ether oxygens (including phenoxy) is 3. The molecule has 74 heavy (non-hydrogen) atoms. The Hall–Kier alpha value is -5.71. The van der Waals surface area contributed by atoms with Crippen LogP contribution in [-0.2, 0) is 59.5 Å². The third-order valence-corrected chi connectivity index (χ3v) is 15.0. The zero-order valence-corrected chi connectivity index (χ0v) is 45.0. The number of benzene rings is 1. The van der Waals surface area contributed by atoms with E-state index in [1.807, 2.05) is 87.2 Å². The molecule has 1 aliphatic carbocycles. The van der Waals surface area contributed by atoms with Crippen LogP contribution in [0.2, 0.25) is 0 Å². The molecule has 21 heteroatoms. The van der Waals surface area contributed by atoms with Crippen molar-refractivity contribution in [2.75, 3.05) is 64.5 Å². The Morgan fingerprint density at radius 3 is 2.39 bits per heavy atom. The first-order chi connectivity index (χ1) is 35.9. The summed E-state index contributed by atoms with van der Waals surface area (Å²) >= 11 is 3.12. The van der Waals surface area contributed by atoms with E-state index in [1.54, 1.807) is 27.1 Å². The molecule has 2 atom stereocenters. The molecular weight excluding hydrogens is 981 g/mol. The van der Waals surface area contributed by atoms with Crippen LogP contribution < -0.4 is 26.6 Å². The van der Waals surface area contributed by atoms with E-state index in [4.69, 9.17) is 19.2 Å². The zero-order valence-electron chi connectivity index (χ0n) is 43.4. The number of hydrogen-bond acceptors (Lipinski definition) is 16. The van der Waals surface area contributed by atoms with Crippen molar-refractivity contribution in [1.82, 2.24) is 56.1 Å². The second-order valence-corrected chi connectivity index (χ2v) is 21.8. The van der Waals surface area contributed by atoms with Crippen molar-refractivity contribution in [1.29, 1.82) is 0 Å². The maximum atomic E-state index is 14.0. The van der Waals surface area contributed by atoms with E-state index in [9.17, 15) is 19.2 Å². The summed E-state index contributed by atoms with van der Waals surface area (Å²) < 4.78 is 18.9. The lowest BCUT2D eigenvalue weighted by atomic mass is 9.70. The third-order valence-electron chi connectivity index (χ3n) is 13.4. The molecule has 1 saturated heterocycles. The number of hydrogen-bond donors (Lipinski definition) is 5. The average molecular weight is 1060 g/mol. The van der Waals surface area contributed by atoms with Gasteiger partial charge in [-0.05, 0) is 74.2 Å². The summed E-state index contributed by atoms with van der Waals surface area (Å²) in [6.45, 7) is 13.2. The van der Waals surface area contributed by atoms with Gasteiger partial charge in [0.05, 0.1) is 73.9 Å². The summed E-state index contributed by atoms with van der Waals surface area (Å²) in [5, 5.41) is 26.9. The first-order valence-corrected chi connectivity index (χ1v) is 27.7. The van der Waals surface area contributed by atoms with Crippen molar-refractivity contribution in [2.24, 2.45) is 10.8 Å². The Kier molecular flexibility index (Phi) is 21.4. The Labute approximate surface area is 442 Å². The summed E-state index contributed by atoms with van der Waals surface area (Å²) in [5.41, 5.74) is 5.46. The number of nitrogens with zero attached hydrogens (tertiary/aromatic N) is 7. The second kappa shape index (κ2) is 28.3. The van der Waals surface area contributed by atoms with Crippen LogP contribution in [0.5, 0.6) is 0 Å². The number of amides is 4. The second-order valence-electron chi connectivity index (χ2n) is 20.1. The van der Waals surface area contributed by atoms with Crippen molar-refractivity contribution < 1.29 is 33.4 Å². The Morgan fingerprint density at radius 2 is 1.65 bits per heavy atom. The van der Waals surface area contributed by atoms with E-state index in [-0.39, 0.29) is 30.0 Å². The lowest BCUT2D eigenvalue weighted by Crippen LogP contribution is -2.57. The summed E-state index contributed by atoms with van der Waals surface area (Å²) in [5.74, 6) is 0.174. The molecule has 1 aliphatic heterocycles. The van der Waals surface area contributed by atoms with Gasteiger partial charge in [-0.3, -0.25) is 23.9 Å². The molecule has 5 N–H and O–H groups in total. The van der Waals surface area contributed by atoms with E-state index in [0.29, 0.717) is 104 Å². The normalized spacial score (nSPS) is 15.9. The van der Waals surface area contributed by atoms with Gasteiger partial charge in [0.25, 0.3) is 0 Å². The summed E-state index contributed by atoms with van der Waals surface area (Å²) in [6.07, 6.45) is 11.2. The van der Waals surface area contributed by atoms with Crippen molar-refractivity contribution in [3.63, 3.8) is 0 Å². The van der Waals surface area contributed by atoms with Crippen LogP contribution in [-0.4, -0.2) is 130 Å². The predicted octanol–water partition coefficient (Wildman–Crippen LogP) is 6.37. The van der Waals surface area contributed by atoms with Gasteiger partial charge >= 0.3 is 0 Å². The molecule has 1 unspecified atom stereocenters. The number of carbonyl (C=O) groups is 4. The lowest BCUT2D eigenvalue weighted by Gasteiger charge is -2.35. The van der Waals surface area contributed by atoms with Gasteiger partial charge in [-0.15, -0.1) is 27.8 Å². The minimum Gasteiger partial charge on any atom is -0.377 e. The number of pyridine rings is 1. The summed E-state index contributed by atoms with van der Waals surface area (Å²) in [4.78, 5) is 70.3. The third kappa shape index (κ3) is 16.9. The van der Waals surface area contributed by atoms with E-state index in [2.05, 4.69) is 46.9 Å². The molecule has 5 heterocycles. The first kappa shape index (κ1) is 56.0. The van der Waals surface area contributed by atoms with Gasteiger partial charge in [0.2, 0.25) is 23.6 Å². The SMILES string of the molecule is Cc1ncsc1-c1ccc(CNC(=O)[C@@H]2CCCN2C(=O)C(NC(=O)CCCNCCn2cc(COCCOCCOCCNC(=O)C3(Cc4cccc(Nc5nccs5)n4)CCCCC3)nn2)C(C)(C)C)cc1. The molecule has 2 aliphatic rings. The molecule has 7 rings (SSSR count). The van der Waals surface area contributed by atoms with Gasteiger partial charge in [-0.2, -0.15) is 0 Å². The fourth-order valence-corrected chi connectivity index (χ4v) is 10.7. The van der Waals surface area contributed by atoms with Gasteiger partial charge < -0.3 is 45.7 Å². The molecular formula is C53H74N12O7S2. The largest absolute Gasteiger partial charge is 0.377 e. The van der Waals surface area contributed by atoms with Crippen LogP contribution >= 0.6 is 22.7 Å². The standard InChI is InChI=1S/C53H74N12O7S2/c1-38-46(74-37-58-38)40-17-15-39(16-18-40)34-57-48(67)43-12-10-25-65(43)49(68)47(52(2,3)4)61-45(66)14-9-21-54-22-26-64-35-42(62-63-64)36-72-31-30-71-29-28-70-27-23-55-50(69)53(19-6-5-7-20-53)33-41-11-8-13-44(59-41)60-51-56-24-32-73-51/h8,11,13,15-18,24,32,35,37,43,47,54H,5-7,9-10,12,14,19-23,25-31,33-34,36H2,1-4H3,(H,55,69)(H,57,67)(H,61,66)(H,56,59,60)/t43-,47?/m0/s1. The molecule has 19 nitrogen and oxygen atoms in total. The minimum absolute atomic E-state index is 0.0669.